The van der Waals surface area contributed by atoms with Crippen molar-refractivity contribution in [2.45, 2.75) is 49.9 Å². The van der Waals surface area contributed by atoms with E-state index in [9.17, 15) is 19.5 Å². The van der Waals surface area contributed by atoms with E-state index >= 15 is 0 Å². The Hall–Kier alpha value is -2.68. The van der Waals surface area contributed by atoms with E-state index in [2.05, 4.69) is 13.2 Å². The van der Waals surface area contributed by atoms with E-state index in [0.717, 1.165) is 0 Å². The van der Waals surface area contributed by atoms with Gasteiger partial charge in [0.1, 0.15) is 11.6 Å². The predicted molar refractivity (Wildman–Crippen MR) is 142 cm³/mol. The lowest BCUT2D eigenvalue weighted by atomic mass is 9.70. The van der Waals surface area contributed by atoms with Crippen LogP contribution in [-0.4, -0.2) is 83.7 Å². The summed E-state index contributed by atoms with van der Waals surface area (Å²) in [6.07, 6.45) is 5.96. The van der Waals surface area contributed by atoms with Crippen molar-refractivity contribution in [3.05, 3.63) is 54.6 Å². The molecule has 3 aliphatic rings. The van der Waals surface area contributed by atoms with Gasteiger partial charge in [0, 0.05) is 33.3 Å². The van der Waals surface area contributed by atoms with Crippen LogP contribution in [0.1, 0.15) is 32.1 Å². The highest BCUT2D eigenvalue weighted by molar-refractivity contribution is 6.34. The molecule has 4 rings (SSSR count). The summed E-state index contributed by atoms with van der Waals surface area (Å²) in [6.45, 7) is 8.53. The van der Waals surface area contributed by atoms with Crippen molar-refractivity contribution in [1.82, 2.24) is 9.80 Å². The number of likely N-dealkylation sites (N-methyl/N-ethyl adjacent to an activating group) is 1. The number of carbonyl (C=O) groups excluding carboxylic acids is 3. The van der Waals surface area contributed by atoms with E-state index in [4.69, 9.17) is 16.3 Å². The summed E-state index contributed by atoms with van der Waals surface area (Å²) >= 11 is 6.48. The number of carbonyl (C=O) groups is 3. The topological polar surface area (TPSA) is 90.4 Å². The maximum atomic E-state index is 14.4. The van der Waals surface area contributed by atoms with Gasteiger partial charge in [0.2, 0.25) is 11.8 Å². The minimum atomic E-state index is -1.08. The summed E-state index contributed by atoms with van der Waals surface area (Å²) in [5.74, 6) is -2.04. The second kappa shape index (κ2) is 11.4. The van der Waals surface area contributed by atoms with Gasteiger partial charge in [-0.3, -0.25) is 14.4 Å². The van der Waals surface area contributed by atoms with Crippen molar-refractivity contribution >= 4 is 35.0 Å². The Bertz CT molecular complexity index is 1060. The van der Waals surface area contributed by atoms with E-state index in [1.807, 2.05) is 0 Å². The molecule has 3 saturated heterocycles. The van der Waals surface area contributed by atoms with Crippen LogP contribution in [0.2, 0.25) is 5.02 Å². The van der Waals surface area contributed by atoms with Gasteiger partial charge in [-0.15, -0.1) is 13.2 Å². The fourth-order valence-electron chi connectivity index (χ4n) is 6.32. The third kappa shape index (κ3) is 4.71. The smallest absolute Gasteiger partial charge is 0.253 e. The quantitative estimate of drug-likeness (QED) is 0.332. The Kier molecular flexibility index (Phi) is 8.41. The van der Waals surface area contributed by atoms with Crippen molar-refractivity contribution in [1.29, 1.82) is 0 Å². The zero-order valence-electron chi connectivity index (χ0n) is 21.4. The third-order valence-corrected chi connectivity index (χ3v) is 8.20. The van der Waals surface area contributed by atoms with Crippen molar-refractivity contribution in [3.63, 3.8) is 0 Å². The van der Waals surface area contributed by atoms with Gasteiger partial charge in [0.25, 0.3) is 5.91 Å². The molecule has 0 aromatic heterocycles. The van der Waals surface area contributed by atoms with Crippen molar-refractivity contribution < 1.29 is 24.2 Å². The van der Waals surface area contributed by atoms with Crippen molar-refractivity contribution in [3.8, 4) is 0 Å². The van der Waals surface area contributed by atoms with Gasteiger partial charge in [-0.25, -0.2) is 0 Å². The fraction of sp³-hybridized carbons (Fsp3) is 0.536. The number of nitrogens with zero attached hydrogens (tertiary/aromatic N) is 3. The molecule has 9 heteroatoms. The lowest BCUT2D eigenvalue weighted by Crippen LogP contribution is -2.56. The van der Waals surface area contributed by atoms with Crippen LogP contribution in [0.15, 0.2) is 49.6 Å². The van der Waals surface area contributed by atoms with Gasteiger partial charge < -0.3 is 24.5 Å². The molecule has 0 saturated carbocycles. The first kappa shape index (κ1) is 27.4. The molecule has 1 aromatic carbocycles. The maximum absolute atomic E-state index is 14.4. The van der Waals surface area contributed by atoms with Crippen LogP contribution < -0.4 is 4.90 Å². The van der Waals surface area contributed by atoms with Crippen LogP contribution in [-0.2, 0) is 19.1 Å². The Morgan fingerprint density at radius 2 is 1.92 bits per heavy atom. The molecule has 0 aliphatic carbocycles. The Morgan fingerprint density at radius 1 is 1.19 bits per heavy atom. The molecule has 1 spiro atoms. The van der Waals surface area contributed by atoms with E-state index < -0.39 is 29.6 Å². The van der Waals surface area contributed by atoms with Crippen LogP contribution >= 0.6 is 11.6 Å². The lowest BCUT2D eigenvalue weighted by molar-refractivity contribution is -0.144. The molecule has 1 N–H and O–H groups in total. The molecule has 3 amide bonds. The molecule has 2 unspecified atom stereocenters. The zero-order valence-corrected chi connectivity index (χ0v) is 22.1. The number of fused-ring (bicyclic) bond motifs is 1. The van der Waals surface area contributed by atoms with Gasteiger partial charge in [-0.2, -0.15) is 0 Å². The normalized spacial score (nSPS) is 27.8. The summed E-state index contributed by atoms with van der Waals surface area (Å²) in [7, 11) is 1.70. The first-order chi connectivity index (χ1) is 17.8. The first-order valence-electron chi connectivity index (χ1n) is 12.9. The molecule has 1 aromatic rings. The number of ether oxygens (including phenoxy) is 1. The number of halogens is 1. The number of benzene rings is 1. The second-order valence-corrected chi connectivity index (χ2v) is 10.5. The minimum Gasteiger partial charge on any atom is -0.396 e. The number of para-hydroxylation sites is 1. The summed E-state index contributed by atoms with van der Waals surface area (Å²) in [6, 6.07) is 6.20. The first-order valence-corrected chi connectivity index (χ1v) is 13.3. The number of hydrogen-bond donors (Lipinski definition) is 1. The van der Waals surface area contributed by atoms with Gasteiger partial charge in [0.15, 0.2) is 0 Å². The summed E-state index contributed by atoms with van der Waals surface area (Å²) in [4.78, 5) is 46.6. The zero-order chi connectivity index (χ0) is 26.7. The number of amides is 3. The molecule has 3 heterocycles. The lowest BCUT2D eigenvalue weighted by Gasteiger charge is -2.37. The molecule has 200 valence electrons. The number of likely N-dealkylation sites (tertiary alicyclic amines) is 1. The highest BCUT2D eigenvalue weighted by atomic mass is 35.5. The average molecular weight is 530 g/mol. The number of unbranched alkanes of at least 4 members (excludes halogenated alkanes) is 2. The van der Waals surface area contributed by atoms with E-state index in [0.29, 0.717) is 55.9 Å². The van der Waals surface area contributed by atoms with E-state index in [-0.39, 0.29) is 30.9 Å². The number of aliphatic hydroxyl groups excluding tert-OH is 1. The van der Waals surface area contributed by atoms with Gasteiger partial charge in [-0.05, 0) is 44.2 Å². The summed E-state index contributed by atoms with van der Waals surface area (Å²) in [5.41, 5.74) is -0.543. The maximum Gasteiger partial charge on any atom is 0.253 e. The Labute approximate surface area is 223 Å². The van der Waals surface area contributed by atoms with Crippen molar-refractivity contribution in [2.24, 2.45) is 11.8 Å². The standard InChI is InChI=1S/C28H36ClN3O5/c1-4-15-30(3)25(34)22-21-13-14-28(37-21)23(22)26(35)32(17-9-6-10-18-33)24(28)27(36)31(16-5-2)20-12-8-7-11-19(20)29/h4-5,7-8,11-12,21-24,33H,1-2,6,9-10,13-18H2,3H3/t21-,22+,23-,24?,28?/m0/s1. The third-order valence-electron chi connectivity index (χ3n) is 7.88. The largest absolute Gasteiger partial charge is 0.396 e. The van der Waals surface area contributed by atoms with Crippen LogP contribution in [0.5, 0.6) is 0 Å². The number of anilines is 1. The average Bonchev–Trinajstić information content (AvgIpc) is 3.52. The molecule has 2 bridgehead atoms. The van der Waals surface area contributed by atoms with E-state index in [1.165, 1.54) is 0 Å². The van der Waals surface area contributed by atoms with Crippen LogP contribution in [0.3, 0.4) is 0 Å². The highest BCUT2D eigenvalue weighted by Gasteiger charge is 2.74. The summed E-state index contributed by atoms with van der Waals surface area (Å²) < 4.78 is 6.52. The second-order valence-electron chi connectivity index (χ2n) is 10.1. The Morgan fingerprint density at radius 3 is 2.59 bits per heavy atom. The number of aliphatic hydroxyl groups is 1. The molecule has 0 radical (unpaired) electrons. The van der Waals surface area contributed by atoms with Crippen molar-refractivity contribution in [2.75, 3.05) is 38.2 Å². The van der Waals surface area contributed by atoms with Crippen LogP contribution in [0.4, 0.5) is 5.69 Å². The number of rotatable bonds is 12. The van der Waals surface area contributed by atoms with Crippen LogP contribution in [0, 0.1) is 11.8 Å². The van der Waals surface area contributed by atoms with E-state index in [1.54, 1.807) is 58.2 Å². The van der Waals surface area contributed by atoms with Crippen LogP contribution in [0.25, 0.3) is 0 Å². The van der Waals surface area contributed by atoms with Gasteiger partial charge >= 0.3 is 0 Å². The SMILES string of the molecule is C=CCN(C)C(=O)[C@@H]1[C@@H]2CCC3(O2)C(C(=O)N(CC=C)c2ccccc2Cl)N(CCCCCO)C(=O)[C@H]13. The fourth-order valence-corrected chi connectivity index (χ4v) is 6.56. The molecular weight excluding hydrogens is 494 g/mol. The molecule has 8 nitrogen and oxygen atoms in total. The highest BCUT2D eigenvalue weighted by Crippen LogP contribution is 2.59. The molecule has 3 fully saturated rings. The molecule has 5 atom stereocenters. The predicted octanol–water partition coefficient (Wildman–Crippen LogP) is 3.04. The molecular formula is C28H36ClN3O5. The molecule has 3 aliphatic heterocycles. The Balaban J connectivity index is 1.74. The number of hydrogen-bond acceptors (Lipinski definition) is 5. The van der Waals surface area contributed by atoms with Gasteiger partial charge in [0.05, 0.1) is 28.6 Å². The van der Waals surface area contributed by atoms with Gasteiger partial charge in [-0.1, -0.05) is 35.9 Å². The monoisotopic (exact) mass is 529 g/mol. The minimum absolute atomic E-state index is 0.0689. The molecule has 37 heavy (non-hydrogen) atoms. The summed E-state index contributed by atoms with van der Waals surface area (Å²) in [5, 5.41) is 9.63.